The van der Waals surface area contributed by atoms with Gasteiger partial charge in [-0.05, 0) is 41.7 Å². The van der Waals surface area contributed by atoms with E-state index in [1.165, 1.54) is 11.1 Å². The number of nitrogens with two attached hydrogens (primary N) is 1. The summed E-state index contributed by atoms with van der Waals surface area (Å²) in [6.45, 7) is 2.18. The van der Waals surface area contributed by atoms with E-state index in [0.29, 0.717) is 18.6 Å². The van der Waals surface area contributed by atoms with Gasteiger partial charge < -0.3 is 20.7 Å². The Morgan fingerprint density at radius 2 is 1.50 bits per heavy atom. The number of nitrogens with one attached hydrogen (secondary N) is 1. The highest BCUT2D eigenvalue weighted by atomic mass is 19.4. The molecule has 0 radical (unpaired) electrons. The van der Waals surface area contributed by atoms with Crippen molar-refractivity contribution >= 4 is 18.2 Å². The summed E-state index contributed by atoms with van der Waals surface area (Å²) < 4.78 is 36.8. The van der Waals surface area contributed by atoms with E-state index in [4.69, 9.17) is 20.5 Å². The molecular formula is C24H24F3N3O4. The molecule has 0 bridgehead atoms. The summed E-state index contributed by atoms with van der Waals surface area (Å²) in [5.74, 6) is 2.13. The van der Waals surface area contributed by atoms with Crippen LogP contribution in [-0.4, -0.2) is 41.0 Å². The zero-order valence-electron chi connectivity index (χ0n) is 18.3. The summed E-state index contributed by atoms with van der Waals surface area (Å²) in [7, 11) is 0. The topological polar surface area (TPSA) is 118 Å². The van der Waals surface area contributed by atoms with Crippen LogP contribution in [-0.2, 0) is 22.4 Å². The summed E-state index contributed by atoms with van der Waals surface area (Å²) in [6.07, 6.45) is -0.163. The fourth-order valence-corrected chi connectivity index (χ4v) is 2.97. The highest BCUT2D eigenvalue weighted by molar-refractivity contribution is 5.90. The second kappa shape index (κ2) is 12.2. The van der Waals surface area contributed by atoms with Crippen LogP contribution in [0.1, 0.15) is 45.2 Å². The number of carboxylic acids is 1. The van der Waals surface area contributed by atoms with Crippen LogP contribution in [0, 0.1) is 0 Å². The number of benzene rings is 2. The molecule has 0 atom stereocenters. The number of carboxylic acid groups (broad SMARTS) is 1. The standard InChI is InChI=1S/C22H23N3O2.C2HF3O2/c1-2-27-22(26)20-11-12-24-21(20)14-18-5-3-16(4-6-18)13-17-7-9-19(10-8-17)15-25-23;3-2(4,5)1(6)7/h3-12,15,24H,2,13-14,23H2,1H3;(H,6,7). The number of aromatic amines is 1. The highest BCUT2D eigenvalue weighted by Gasteiger charge is 2.38. The molecule has 10 heteroatoms. The predicted molar refractivity (Wildman–Crippen MR) is 121 cm³/mol. The molecule has 0 saturated heterocycles. The Kier molecular flexibility index (Phi) is 9.42. The number of hydrazone groups is 1. The number of carbonyl (C=O) groups excluding carboxylic acids is 1. The molecule has 0 unspecified atom stereocenters. The number of alkyl halides is 3. The van der Waals surface area contributed by atoms with Crippen molar-refractivity contribution in [3.8, 4) is 0 Å². The molecule has 0 aliphatic carbocycles. The SMILES string of the molecule is CCOC(=O)c1cc[nH]c1Cc1ccc(Cc2ccc(C=NN)cc2)cc1.O=C(O)C(F)(F)F. The smallest absolute Gasteiger partial charge is 0.475 e. The minimum absolute atomic E-state index is 0.284. The van der Waals surface area contributed by atoms with Crippen molar-refractivity contribution in [2.24, 2.45) is 10.9 Å². The fraction of sp³-hybridized carbons (Fsp3) is 0.208. The first-order valence-electron chi connectivity index (χ1n) is 10.2. The van der Waals surface area contributed by atoms with Gasteiger partial charge >= 0.3 is 18.1 Å². The highest BCUT2D eigenvalue weighted by Crippen LogP contribution is 2.17. The number of halogens is 3. The van der Waals surface area contributed by atoms with E-state index in [9.17, 15) is 18.0 Å². The van der Waals surface area contributed by atoms with E-state index in [-0.39, 0.29) is 5.97 Å². The third-order valence-electron chi connectivity index (χ3n) is 4.59. The lowest BCUT2D eigenvalue weighted by Crippen LogP contribution is -2.21. The van der Waals surface area contributed by atoms with Crippen molar-refractivity contribution < 1.29 is 32.6 Å². The largest absolute Gasteiger partial charge is 0.490 e. The molecule has 2 aromatic carbocycles. The van der Waals surface area contributed by atoms with Crippen LogP contribution < -0.4 is 5.84 Å². The molecule has 34 heavy (non-hydrogen) atoms. The first-order valence-corrected chi connectivity index (χ1v) is 10.2. The summed E-state index contributed by atoms with van der Waals surface area (Å²) in [6, 6.07) is 18.4. The number of hydrogen-bond acceptors (Lipinski definition) is 5. The minimum Gasteiger partial charge on any atom is -0.475 e. The van der Waals surface area contributed by atoms with Gasteiger partial charge in [-0.25, -0.2) is 9.59 Å². The van der Waals surface area contributed by atoms with Crippen molar-refractivity contribution in [3.63, 3.8) is 0 Å². The summed E-state index contributed by atoms with van der Waals surface area (Å²) in [4.78, 5) is 24.0. The number of esters is 1. The Hall–Kier alpha value is -4.08. The van der Waals surface area contributed by atoms with Gasteiger partial charge in [0, 0.05) is 18.3 Å². The summed E-state index contributed by atoms with van der Waals surface area (Å²) in [5, 5.41) is 10.7. The van der Waals surface area contributed by atoms with E-state index < -0.39 is 12.1 Å². The van der Waals surface area contributed by atoms with Crippen LogP contribution in [0.3, 0.4) is 0 Å². The van der Waals surface area contributed by atoms with Crippen molar-refractivity contribution in [2.45, 2.75) is 25.9 Å². The van der Waals surface area contributed by atoms with Crippen molar-refractivity contribution in [1.82, 2.24) is 4.98 Å². The van der Waals surface area contributed by atoms with Crippen molar-refractivity contribution in [3.05, 3.63) is 94.3 Å². The van der Waals surface area contributed by atoms with E-state index in [1.54, 1.807) is 18.5 Å². The number of aliphatic carboxylic acids is 1. The van der Waals surface area contributed by atoms with Crippen LogP contribution in [0.2, 0.25) is 0 Å². The molecule has 0 aliphatic rings. The van der Waals surface area contributed by atoms with Gasteiger partial charge in [-0.2, -0.15) is 18.3 Å². The molecule has 1 heterocycles. The predicted octanol–water partition coefficient (Wildman–Crippen LogP) is 4.30. The molecule has 7 nitrogen and oxygen atoms in total. The monoisotopic (exact) mass is 475 g/mol. The average Bonchev–Trinajstić information content (AvgIpc) is 3.25. The normalized spacial score (nSPS) is 11.1. The van der Waals surface area contributed by atoms with Crippen LogP contribution in [0.25, 0.3) is 0 Å². The van der Waals surface area contributed by atoms with E-state index in [1.807, 2.05) is 19.1 Å². The Morgan fingerprint density at radius 3 is 1.97 bits per heavy atom. The van der Waals surface area contributed by atoms with Crippen LogP contribution in [0.15, 0.2) is 65.9 Å². The Morgan fingerprint density at radius 1 is 1.00 bits per heavy atom. The lowest BCUT2D eigenvalue weighted by atomic mass is 10.0. The molecule has 3 aromatic rings. The fourth-order valence-electron chi connectivity index (χ4n) is 2.97. The lowest BCUT2D eigenvalue weighted by Gasteiger charge is -2.07. The number of hydrogen-bond donors (Lipinski definition) is 3. The second-order valence-electron chi connectivity index (χ2n) is 7.08. The third kappa shape index (κ3) is 8.12. The van der Waals surface area contributed by atoms with Crippen LogP contribution in [0.5, 0.6) is 0 Å². The molecule has 0 spiro atoms. The molecular weight excluding hydrogens is 451 g/mol. The molecule has 180 valence electrons. The van der Waals surface area contributed by atoms with Gasteiger partial charge in [0.1, 0.15) is 0 Å². The quantitative estimate of drug-likeness (QED) is 0.204. The summed E-state index contributed by atoms with van der Waals surface area (Å²) in [5.41, 5.74) is 6.06. The van der Waals surface area contributed by atoms with E-state index >= 15 is 0 Å². The van der Waals surface area contributed by atoms with Crippen molar-refractivity contribution in [1.29, 1.82) is 0 Å². The number of H-pyrrole nitrogens is 1. The second-order valence-corrected chi connectivity index (χ2v) is 7.08. The lowest BCUT2D eigenvalue weighted by molar-refractivity contribution is -0.192. The van der Waals surface area contributed by atoms with Gasteiger partial charge in [-0.3, -0.25) is 0 Å². The summed E-state index contributed by atoms with van der Waals surface area (Å²) >= 11 is 0. The zero-order chi connectivity index (χ0) is 25.1. The molecule has 0 saturated carbocycles. The maximum Gasteiger partial charge on any atom is 0.490 e. The Labute approximate surface area is 194 Å². The van der Waals surface area contributed by atoms with Crippen LogP contribution >= 0.6 is 0 Å². The number of carbonyl (C=O) groups is 2. The molecule has 3 rings (SSSR count). The number of aromatic nitrogens is 1. The van der Waals surface area contributed by atoms with E-state index in [0.717, 1.165) is 23.2 Å². The van der Waals surface area contributed by atoms with Gasteiger partial charge in [-0.1, -0.05) is 48.5 Å². The molecule has 0 aliphatic heterocycles. The Bertz CT molecular complexity index is 1110. The zero-order valence-corrected chi connectivity index (χ0v) is 18.3. The maximum atomic E-state index is 12.0. The molecule has 0 fully saturated rings. The van der Waals surface area contributed by atoms with Gasteiger partial charge in [0.2, 0.25) is 0 Å². The van der Waals surface area contributed by atoms with Gasteiger partial charge in [0.25, 0.3) is 0 Å². The van der Waals surface area contributed by atoms with Crippen LogP contribution in [0.4, 0.5) is 13.2 Å². The number of ether oxygens (including phenoxy) is 1. The third-order valence-corrected chi connectivity index (χ3v) is 4.59. The van der Waals surface area contributed by atoms with E-state index in [2.05, 4.69) is 46.5 Å². The number of nitrogens with zero attached hydrogens (tertiary/aromatic N) is 1. The Balaban J connectivity index is 0.000000509. The number of rotatable bonds is 7. The van der Waals surface area contributed by atoms with Crippen molar-refractivity contribution in [2.75, 3.05) is 6.61 Å². The molecule has 0 amide bonds. The average molecular weight is 475 g/mol. The first kappa shape index (κ1) is 26.2. The molecule has 4 N–H and O–H groups in total. The minimum atomic E-state index is -5.08. The first-order chi connectivity index (χ1) is 16.1. The van der Waals surface area contributed by atoms with Gasteiger partial charge in [0.05, 0.1) is 18.4 Å². The maximum absolute atomic E-state index is 12.0. The molecule has 1 aromatic heterocycles. The van der Waals surface area contributed by atoms with Gasteiger partial charge in [0.15, 0.2) is 0 Å². The van der Waals surface area contributed by atoms with Gasteiger partial charge in [-0.15, -0.1) is 0 Å².